The second-order valence-corrected chi connectivity index (χ2v) is 6.90. The highest BCUT2D eigenvalue weighted by molar-refractivity contribution is 7.16. The molecular formula is C20H17ClN2OS. The molecule has 0 aliphatic rings. The zero-order chi connectivity index (χ0) is 17.6. The van der Waals surface area contributed by atoms with E-state index in [9.17, 15) is 4.79 Å². The summed E-state index contributed by atoms with van der Waals surface area (Å²) in [5.41, 5.74) is 2.91. The first-order valence-electron chi connectivity index (χ1n) is 7.95. The maximum absolute atomic E-state index is 12.1. The number of thiazole rings is 1. The third-order valence-electron chi connectivity index (χ3n) is 3.59. The van der Waals surface area contributed by atoms with Gasteiger partial charge in [-0.1, -0.05) is 61.0 Å². The molecule has 0 aliphatic carbocycles. The Morgan fingerprint density at radius 3 is 2.56 bits per heavy atom. The lowest BCUT2D eigenvalue weighted by atomic mass is 10.1. The summed E-state index contributed by atoms with van der Waals surface area (Å²) in [5.74, 6) is -0.203. The molecular weight excluding hydrogens is 352 g/mol. The van der Waals surface area contributed by atoms with Gasteiger partial charge in [0.1, 0.15) is 0 Å². The van der Waals surface area contributed by atoms with Crippen molar-refractivity contribution in [2.45, 2.75) is 13.3 Å². The number of nitrogens with one attached hydrogen (secondary N) is 1. The van der Waals surface area contributed by atoms with Crippen LogP contribution in [0.1, 0.15) is 17.4 Å². The summed E-state index contributed by atoms with van der Waals surface area (Å²) >= 11 is 7.36. The second-order valence-electron chi connectivity index (χ2n) is 5.38. The maximum atomic E-state index is 12.1. The van der Waals surface area contributed by atoms with Crippen molar-refractivity contribution in [3.63, 3.8) is 0 Å². The number of anilines is 1. The number of amides is 1. The minimum atomic E-state index is -0.203. The third-order valence-corrected chi connectivity index (χ3v) is 4.96. The molecule has 126 valence electrons. The van der Waals surface area contributed by atoms with Gasteiger partial charge in [0.05, 0.1) is 5.69 Å². The summed E-state index contributed by atoms with van der Waals surface area (Å²) in [6, 6.07) is 17.3. The Labute approximate surface area is 156 Å². The lowest BCUT2D eigenvalue weighted by Crippen LogP contribution is -2.07. The van der Waals surface area contributed by atoms with E-state index in [2.05, 4.69) is 17.2 Å². The van der Waals surface area contributed by atoms with Crippen LogP contribution in [0.4, 0.5) is 5.13 Å². The van der Waals surface area contributed by atoms with Gasteiger partial charge >= 0.3 is 0 Å². The van der Waals surface area contributed by atoms with Gasteiger partial charge in [-0.05, 0) is 30.2 Å². The monoisotopic (exact) mass is 368 g/mol. The summed E-state index contributed by atoms with van der Waals surface area (Å²) in [7, 11) is 0. The van der Waals surface area contributed by atoms with Crippen molar-refractivity contribution in [1.82, 2.24) is 4.98 Å². The van der Waals surface area contributed by atoms with E-state index in [0.717, 1.165) is 28.1 Å². The molecule has 0 saturated carbocycles. The molecule has 0 atom stereocenters. The highest BCUT2D eigenvalue weighted by atomic mass is 35.5. The Hall–Kier alpha value is -2.43. The van der Waals surface area contributed by atoms with Gasteiger partial charge in [-0.2, -0.15) is 0 Å². The molecule has 1 amide bonds. The van der Waals surface area contributed by atoms with Crippen LogP contribution in [0.3, 0.4) is 0 Å². The van der Waals surface area contributed by atoms with Gasteiger partial charge in [-0.3, -0.25) is 10.1 Å². The molecule has 1 N–H and O–H groups in total. The highest BCUT2D eigenvalue weighted by Gasteiger charge is 2.12. The van der Waals surface area contributed by atoms with Crippen molar-refractivity contribution in [2.24, 2.45) is 0 Å². The molecule has 0 saturated heterocycles. The Bertz CT molecular complexity index is 886. The molecule has 0 unspecified atom stereocenters. The van der Waals surface area contributed by atoms with Crippen molar-refractivity contribution >= 4 is 40.1 Å². The van der Waals surface area contributed by atoms with E-state index in [1.54, 1.807) is 18.2 Å². The first kappa shape index (κ1) is 17.4. The van der Waals surface area contributed by atoms with Crippen molar-refractivity contribution in [1.29, 1.82) is 0 Å². The Kier molecular flexibility index (Phi) is 5.64. The van der Waals surface area contributed by atoms with Crippen LogP contribution in [0.15, 0.2) is 60.7 Å². The fourth-order valence-corrected chi connectivity index (χ4v) is 3.41. The standard InChI is InChI=1S/C20H17ClN2OS/c1-2-17-19(15-6-4-3-5-7-15)23-20(25-17)22-18(24)13-10-14-8-11-16(21)12-9-14/h3-13H,2H2,1H3,(H,22,23,24). The molecule has 0 fully saturated rings. The number of carbonyl (C=O) groups is 1. The molecule has 0 radical (unpaired) electrons. The van der Waals surface area contributed by atoms with Crippen LogP contribution in [-0.4, -0.2) is 10.9 Å². The highest BCUT2D eigenvalue weighted by Crippen LogP contribution is 2.31. The number of nitrogens with zero attached hydrogens (tertiary/aromatic N) is 1. The Balaban J connectivity index is 1.73. The average Bonchev–Trinajstić information content (AvgIpc) is 3.05. The van der Waals surface area contributed by atoms with E-state index in [-0.39, 0.29) is 5.91 Å². The van der Waals surface area contributed by atoms with E-state index in [4.69, 9.17) is 11.6 Å². The minimum Gasteiger partial charge on any atom is -0.298 e. The zero-order valence-electron chi connectivity index (χ0n) is 13.7. The molecule has 1 heterocycles. The summed E-state index contributed by atoms with van der Waals surface area (Å²) < 4.78 is 0. The van der Waals surface area contributed by atoms with Crippen LogP contribution < -0.4 is 5.32 Å². The fraction of sp³-hybridized carbons (Fsp3) is 0.100. The number of carbonyl (C=O) groups excluding carboxylic acids is 1. The molecule has 0 aliphatic heterocycles. The number of benzene rings is 2. The van der Waals surface area contributed by atoms with Crippen LogP contribution in [0.25, 0.3) is 17.3 Å². The van der Waals surface area contributed by atoms with Gasteiger partial charge in [0.15, 0.2) is 5.13 Å². The summed E-state index contributed by atoms with van der Waals surface area (Å²) in [4.78, 5) is 17.9. The lowest BCUT2D eigenvalue weighted by Gasteiger charge is -1.98. The average molecular weight is 369 g/mol. The number of hydrogen-bond acceptors (Lipinski definition) is 3. The smallest absolute Gasteiger partial charge is 0.250 e. The Morgan fingerprint density at radius 2 is 1.88 bits per heavy atom. The van der Waals surface area contributed by atoms with Gasteiger partial charge in [-0.25, -0.2) is 4.98 Å². The van der Waals surface area contributed by atoms with Crippen molar-refractivity contribution in [2.75, 3.05) is 5.32 Å². The topological polar surface area (TPSA) is 42.0 Å². The minimum absolute atomic E-state index is 0.203. The number of rotatable bonds is 5. The van der Waals surface area contributed by atoms with Crippen molar-refractivity contribution < 1.29 is 4.79 Å². The number of halogens is 1. The van der Waals surface area contributed by atoms with E-state index in [1.807, 2.05) is 42.5 Å². The predicted octanol–water partition coefficient (Wildman–Crippen LogP) is 5.68. The van der Waals surface area contributed by atoms with Crippen LogP contribution in [0, 0.1) is 0 Å². The van der Waals surface area contributed by atoms with E-state index >= 15 is 0 Å². The molecule has 2 aromatic carbocycles. The van der Waals surface area contributed by atoms with Crippen LogP contribution >= 0.6 is 22.9 Å². The number of aryl methyl sites for hydroxylation is 1. The van der Waals surface area contributed by atoms with Crippen LogP contribution in [0.5, 0.6) is 0 Å². The fourth-order valence-electron chi connectivity index (χ4n) is 2.36. The van der Waals surface area contributed by atoms with Gasteiger partial charge in [0, 0.05) is 21.5 Å². The molecule has 3 aromatic rings. The quantitative estimate of drug-likeness (QED) is 0.589. The summed E-state index contributed by atoms with van der Waals surface area (Å²) in [6.45, 7) is 2.09. The zero-order valence-corrected chi connectivity index (χ0v) is 15.3. The predicted molar refractivity (Wildman–Crippen MR) is 106 cm³/mol. The number of aromatic nitrogens is 1. The van der Waals surface area contributed by atoms with Gasteiger partial charge < -0.3 is 0 Å². The van der Waals surface area contributed by atoms with Crippen LogP contribution in [-0.2, 0) is 11.2 Å². The summed E-state index contributed by atoms with van der Waals surface area (Å²) in [6.07, 6.45) is 4.12. The van der Waals surface area contributed by atoms with E-state index < -0.39 is 0 Å². The summed E-state index contributed by atoms with van der Waals surface area (Å²) in [5, 5.41) is 4.13. The van der Waals surface area contributed by atoms with Gasteiger partial charge in [0.2, 0.25) is 5.91 Å². The molecule has 0 spiro atoms. The largest absolute Gasteiger partial charge is 0.298 e. The first-order chi connectivity index (χ1) is 12.2. The second kappa shape index (κ2) is 8.10. The van der Waals surface area contributed by atoms with Crippen LogP contribution in [0.2, 0.25) is 5.02 Å². The molecule has 0 bridgehead atoms. The molecule has 25 heavy (non-hydrogen) atoms. The molecule has 3 nitrogen and oxygen atoms in total. The van der Waals surface area contributed by atoms with Gasteiger partial charge in [0.25, 0.3) is 0 Å². The van der Waals surface area contributed by atoms with E-state index in [1.165, 1.54) is 17.4 Å². The third kappa shape index (κ3) is 4.56. The molecule has 5 heteroatoms. The first-order valence-corrected chi connectivity index (χ1v) is 9.15. The lowest BCUT2D eigenvalue weighted by molar-refractivity contribution is -0.111. The number of hydrogen-bond donors (Lipinski definition) is 1. The SMILES string of the molecule is CCc1sc(NC(=O)C=Cc2ccc(Cl)cc2)nc1-c1ccccc1. The Morgan fingerprint density at radius 1 is 1.16 bits per heavy atom. The molecule has 1 aromatic heterocycles. The molecule has 3 rings (SSSR count). The van der Waals surface area contributed by atoms with Gasteiger partial charge in [-0.15, -0.1) is 11.3 Å². The maximum Gasteiger partial charge on any atom is 0.250 e. The van der Waals surface area contributed by atoms with Crippen molar-refractivity contribution in [3.05, 3.63) is 76.1 Å². The van der Waals surface area contributed by atoms with E-state index in [0.29, 0.717) is 10.2 Å². The normalized spacial score (nSPS) is 11.0. The van der Waals surface area contributed by atoms with Crippen molar-refractivity contribution in [3.8, 4) is 11.3 Å².